The summed E-state index contributed by atoms with van der Waals surface area (Å²) in [4.78, 5) is 14.9. The monoisotopic (exact) mass is 404 g/mol. The van der Waals surface area contributed by atoms with E-state index >= 15 is 0 Å². The van der Waals surface area contributed by atoms with Crippen LogP contribution < -0.4 is 14.8 Å². The van der Waals surface area contributed by atoms with Gasteiger partial charge in [0.15, 0.2) is 6.61 Å². The van der Waals surface area contributed by atoms with Gasteiger partial charge in [-0.05, 0) is 66.5 Å². The van der Waals surface area contributed by atoms with Crippen LogP contribution in [0.4, 0.5) is 0 Å². The number of methoxy groups -OCH3 is 1. The fraction of sp³-hybridized carbons (Fsp3) is 0.320. The van der Waals surface area contributed by atoms with Crippen molar-refractivity contribution in [3.63, 3.8) is 0 Å². The molecular weight excluding hydrogens is 376 g/mol. The molecule has 5 heteroatoms. The number of hydrogen-bond donors (Lipinski definition) is 1. The summed E-state index contributed by atoms with van der Waals surface area (Å²) in [5.74, 6) is 1.43. The molecule has 3 aromatic carbocycles. The van der Waals surface area contributed by atoms with Crippen LogP contribution in [0.25, 0.3) is 10.8 Å². The highest BCUT2D eigenvalue weighted by Crippen LogP contribution is 2.26. The lowest BCUT2D eigenvalue weighted by Crippen LogP contribution is -2.38. The minimum absolute atomic E-state index is 0.00761. The minimum atomic E-state index is -0.110. The molecule has 1 aliphatic rings. The van der Waals surface area contributed by atoms with Crippen molar-refractivity contribution in [3.8, 4) is 11.5 Å². The van der Waals surface area contributed by atoms with Gasteiger partial charge in [-0.25, -0.2) is 0 Å². The van der Waals surface area contributed by atoms with Crippen LogP contribution in [0.15, 0.2) is 66.7 Å². The van der Waals surface area contributed by atoms with Gasteiger partial charge in [0.1, 0.15) is 11.5 Å². The number of hydrogen-bond acceptors (Lipinski definition) is 4. The molecule has 1 fully saturated rings. The molecule has 0 spiro atoms. The van der Waals surface area contributed by atoms with E-state index in [2.05, 4.69) is 28.4 Å². The molecule has 0 saturated carbocycles. The normalized spacial score (nSPS) is 15.1. The number of fused-ring (bicyclic) bond motifs is 1. The predicted octanol–water partition coefficient (Wildman–Crippen LogP) is 4.18. The van der Waals surface area contributed by atoms with Gasteiger partial charge in [-0.1, -0.05) is 42.5 Å². The molecule has 1 amide bonds. The van der Waals surface area contributed by atoms with Crippen LogP contribution in [0.1, 0.15) is 24.4 Å². The molecular formula is C25H28N2O3. The molecule has 3 aromatic rings. The molecule has 0 aliphatic carbocycles. The first-order chi connectivity index (χ1) is 14.7. The summed E-state index contributed by atoms with van der Waals surface area (Å²) in [5, 5.41) is 5.31. The van der Waals surface area contributed by atoms with Crippen molar-refractivity contribution >= 4 is 16.7 Å². The molecule has 0 radical (unpaired) electrons. The van der Waals surface area contributed by atoms with Gasteiger partial charge in [0, 0.05) is 6.54 Å². The Balaban J connectivity index is 1.35. The summed E-state index contributed by atoms with van der Waals surface area (Å²) in [6.45, 7) is 2.68. The van der Waals surface area contributed by atoms with E-state index in [0.717, 1.165) is 29.6 Å². The number of carbonyl (C=O) groups excluding carboxylic acids is 1. The van der Waals surface area contributed by atoms with E-state index in [4.69, 9.17) is 9.47 Å². The first-order valence-electron chi connectivity index (χ1n) is 10.5. The van der Waals surface area contributed by atoms with Crippen molar-refractivity contribution in [2.24, 2.45) is 0 Å². The average Bonchev–Trinajstić information content (AvgIpc) is 3.33. The summed E-state index contributed by atoms with van der Waals surface area (Å²) in [6, 6.07) is 22.3. The second-order valence-corrected chi connectivity index (χ2v) is 7.63. The maximum absolute atomic E-state index is 12.5. The van der Waals surface area contributed by atoms with Gasteiger partial charge in [0.2, 0.25) is 0 Å². The molecule has 1 atom stereocenters. The summed E-state index contributed by atoms with van der Waals surface area (Å²) >= 11 is 0. The Bertz CT molecular complexity index is 981. The summed E-state index contributed by atoms with van der Waals surface area (Å²) in [6.07, 6.45) is 2.40. The lowest BCUT2D eigenvalue weighted by Gasteiger charge is -2.28. The van der Waals surface area contributed by atoms with Crippen LogP contribution in [-0.4, -0.2) is 44.2 Å². The van der Waals surface area contributed by atoms with Crippen molar-refractivity contribution in [1.82, 2.24) is 10.2 Å². The topological polar surface area (TPSA) is 50.8 Å². The Morgan fingerprint density at radius 1 is 0.967 bits per heavy atom. The zero-order valence-electron chi connectivity index (χ0n) is 17.3. The molecule has 156 valence electrons. The van der Waals surface area contributed by atoms with E-state index in [1.54, 1.807) is 7.11 Å². The highest BCUT2D eigenvalue weighted by Gasteiger charge is 2.24. The van der Waals surface area contributed by atoms with Crippen LogP contribution in [0, 0.1) is 0 Å². The minimum Gasteiger partial charge on any atom is -0.497 e. The van der Waals surface area contributed by atoms with Crippen molar-refractivity contribution in [3.05, 3.63) is 72.3 Å². The van der Waals surface area contributed by atoms with Gasteiger partial charge in [-0.3, -0.25) is 9.69 Å². The van der Waals surface area contributed by atoms with Gasteiger partial charge in [-0.2, -0.15) is 0 Å². The molecule has 1 N–H and O–H groups in total. The fourth-order valence-electron chi connectivity index (χ4n) is 4.00. The number of rotatable bonds is 8. The van der Waals surface area contributed by atoms with E-state index in [9.17, 15) is 4.79 Å². The molecule has 5 nitrogen and oxygen atoms in total. The van der Waals surface area contributed by atoms with E-state index in [-0.39, 0.29) is 18.6 Å². The molecule has 0 unspecified atom stereocenters. The van der Waals surface area contributed by atoms with E-state index in [1.165, 1.54) is 18.4 Å². The van der Waals surface area contributed by atoms with Gasteiger partial charge in [0.05, 0.1) is 13.2 Å². The molecule has 0 bridgehead atoms. The Hall–Kier alpha value is -3.05. The lowest BCUT2D eigenvalue weighted by molar-refractivity contribution is -0.123. The van der Waals surface area contributed by atoms with Crippen molar-refractivity contribution in [2.75, 3.05) is 33.4 Å². The summed E-state index contributed by atoms with van der Waals surface area (Å²) in [7, 11) is 1.67. The van der Waals surface area contributed by atoms with Crippen LogP contribution in [0.5, 0.6) is 11.5 Å². The van der Waals surface area contributed by atoms with Crippen LogP contribution in [-0.2, 0) is 4.79 Å². The second kappa shape index (κ2) is 9.63. The number of ether oxygens (including phenoxy) is 2. The third kappa shape index (κ3) is 4.92. The first-order valence-corrected chi connectivity index (χ1v) is 10.5. The first kappa shape index (κ1) is 20.2. The van der Waals surface area contributed by atoms with Crippen molar-refractivity contribution in [1.29, 1.82) is 0 Å². The zero-order chi connectivity index (χ0) is 20.8. The summed E-state index contributed by atoms with van der Waals surface area (Å²) < 4.78 is 11.0. The van der Waals surface area contributed by atoms with Crippen LogP contribution >= 0.6 is 0 Å². The Morgan fingerprint density at radius 2 is 1.67 bits per heavy atom. The highest BCUT2D eigenvalue weighted by molar-refractivity contribution is 5.84. The third-order valence-electron chi connectivity index (χ3n) is 5.67. The maximum atomic E-state index is 12.5. The predicted molar refractivity (Wildman–Crippen MR) is 119 cm³/mol. The van der Waals surface area contributed by atoms with Gasteiger partial charge in [0.25, 0.3) is 5.91 Å². The lowest BCUT2D eigenvalue weighted by atomic mass is 10.1. The molecule has 0 aromatic heterocycles. The van der Waals surface area contributed by atoms with E-state index < -0.39 is 0 Å². The van der Waals surface area contributed by atoms with Gasteiger partial charge < -0.3 is 14.8 Å². The largest absolute Gasteiger partial charge is 0.497 e. The third-order valence-corrected chi connectivity index (χ3v) is 5.67. The van der Waals surface area contributed by atoms with E-state index in [0.29, 0.717) is 12.3 Å². The van der Waals surface area contributed by atoms with Crippen molar-refractivity contribution < 1.29 is 14.3 Å². The van der Waals surface area contributed by atoms with Gasteiger partial charge in [-0.15, -0.1) is 0 Å². The average molecular weight is 405 g/mol. The molecule has 30 heavy (non-hydrogen) atoms. The summed E-state index contributed by atoms with van der Waals surface area (Å²) in [5.41, 5.74) is 1.19. The Morgan fingerprint density at radius 3 is 2.40 bits per heavy atom. The van der Waals surface area contributed by atoms with Crippen molar-refractivity contribution in [2.45, 2.75) is 18.9 Å². The maximum Gasteiger partial charge on any atom is 0.258 e. The molecule has 1 aliphatic heterocycles. The standard InChI is InChI=1S/C25H28N2O3/c1-29-22-11-9-20(10-12-22)24(27-14-4-5-15-27)17-26-25(28)18-30-23-13-8-19-6-2-3-7-21(19)16-23/h2-3,6-13,16,24H,4-5,14-15,17-18H2,1H3,(H,26,28)/t24-/m0/s1. The highest BCUT2D eigenvalue weighted by atomic mass is 16.5. The molecule has 4 rings (SSSR count). The smallest absolute Gasteiger partial charge is 0.258 e. The second-order valence-electron chi connectivity index (χ2n) is 7.63. The SMILES string of the molecule is COc1ccc([C@H](CNC(=O)COc2ccc3ccccc3c2)N2CCCC2)cc1. The quantitative estimate of drug-likeness (QED) is 0.612. The fourth-order valence-corrected chi connectivity index (χ4v) is 4.00. The molecule has 1 heterocycles. The Labute approximate surface area is 177 Å². The van der Waals surface area contributed by atoms with E-state index in [1.807, 2.05) is 48.5 Å². The van der Waals surface area contributed by atoms with Gasteiger partial charge >= 0.3 is 0 Å². The van der Waals surface area contributed by atoms with Crippen LogP contribution in [0.2, 0.25) is 0 Å². The number of nitrogens with one attached hydrogen (secondary N) is 1. The molecule has 1 saturated heterocycles. The number of amides is 1. The number of benzene rings is 3. The number of carbonyl (C=O) groups is 1. The van der Waals surface area contributed by atoms with Crippen LogP contribution in [0.3, 0.4) is 0 Å². The number of nitrogens with zero attached hydrogens (tertiary/aromatic N) is 1. The Kier molecular flexibility index (Phi) is 6.50. The zero-order valence-corrected chi connectivity index (χ0v) is 17.3. The number of likely N-dealkylation sites (tertiary alicyclic amines) is 1.